The number of carbonyl (C=O) groups is 3. The Kier molecular flexibility index (Phi) is 5.15. The van der Waals surface area contributed by atoms with Crippen LogP contribution >= 0.6 is 23.2 Å². The first kappa shape index (κ1) is 20.3. The van der Waals surface area contributed by atoms with Crippen molar-refractivity contribution in [2.45, 2.75) is 18.9 Å². The Morgan fingerprint density at radius 1 is 1.10 bits per heavy atom. The van der Waals surface area contributed by atoms with Crippen LogP contribution in [-0.2, 0) is 14.3 Å². The van der Waals surface area contributed by atoms with Gasteiger partial charge in [0.1, 0.15) is 11.9 Å². The molecule has 3 aliphatic rings. The molecule has 0 unspecified atom stereocenters. The van der Waals surface area contributed by atoms with Gasteiger partial charge in [0.05, 0.1) is 16.9 Å². The third-order valence-electron chi connectivity index (χ3n) is 6.51. The van der Waals surface area contributed by atoms with Crippen LogP contribution in [-0.4, -0.2) is 30.4 Å². The number of fused-ring (bicyclic) bond motifs is 1. The number of Topliss-reactive ketones (excluding diaryl/α,β-unsaturated/α-hetero) is 1. The molecule has 0 spiro atoms. The minimum absolute atomic E-state index is 0.00782. The van der Waals surface area contributed by atoms with Gasteiger partial charge in [-0.15, -0.1) is 0 Å². The molecule has 5 rings (SSSR count). The number of carbonyl (C=O) groups excluding carboxylic acids is 3. The summed E-state index contributed by atoms with van der Waals surface area (Å²) in [6.45, 7) is -0.177. The van der Waals surface area contributed by atoms with E-state index in [1.807, 2.05) is 0 Å². The predicted molar refractivity (Wildman–Crippen MR) is 114 cm³/mol. The van der Waals surface area contributed by atoms with Gasteiger partial charge in [-0.05, 0) is 61.2 Å². The van der Waals surface area contributed by atoms with Gasteiger partial charge in [-0.2, -0.15) is 0 Å². The molecule has 3 fully saturated rings. The molecule has 1 heterocycles. The number of halogens is 2. The van der Waals surface area contributed by atoms with Gasteiger partial charge in [0.15, 0.2) is 6.61 Å². The van der Waals surface area contributed by atoms with E-state index in [-0.39, 0.29) is 59.1 Å². The summed E-state index contributed by atoms with van der Waals surface area (Å²) in [7, 11) is 0. The SMILES string of the molecule is O=C(COc1ccc(NC(=O)[C@@H]2[C@H]3C[C@H]4[C@@H]2C(=O)O[C@H]4C3)cc1)c1ccc(Cl)cc1Cl. The Morgan fingerprint density at radius 3 is 2.61 bits per heavy atom. The Balaban J connectivity index is 1.18. The zero-order chi connectivity index (χ0) is 21.7. The van der Waals surface area contributed by atoms with Gasteiger partial charge in [-0.25, -0.2) is 0 Å². The van der Waals surface area contributed by atoms with E-state index in [2.05, 4.69) is 5.32 Å². The van der Waals surface area contributed by atoms with Crippen LogP contribution in [0.3, 0.4) is 0 Å². The van der Waals surface area contributed by atoms with E-state index in [0.717, 1.165) is 12.8 Å². The number of benzene rings is 2. The minimum atomic E-state index is -0.325. The molecule has 1 aliphatic heterocycles. The fraction of sp³-hybridized carbons (Fsp3) is 0.348. The van der Waals surface area contributed by atoms with Crippen LogP contribution in [0.25, 0.3) is 0 Å². The van der Waals surface area contributed by atoms with Crippen molar-refractivity contribution in [2.24, 2.45) is 23.7 Å². The molecule has 0 radical (unpaired) electrons. The van der Waals surface area contributed by atoms with Crippen LogP contribution in [0.1, 0.15) is 23.2 Å². The van der Waals surface area contributed by atoms with Gasteiger partial charge in [-0.1, -0.05) is 23.2 Å². The van der Waals surface area contributed by atoms with Crippen molar-refractivity contribution in [2.75, 3.05) is 11.9 Å². The topological polar surface area (TPSA) is 81.7 Å². The number of ether oxygens (including phenoxy) is 2. The molecule has 1 N–H and O–H groups in total. The Morgan fingerprint density at radius 2 is 1.87 bits per heavy atom. The van der Waals surface area contributed by atoms with E-state index in [9.17, 15) is 14.4 Å². The second kappa shape index (κ2) is 7.84. The first-order valence-electron chi connectivity index (χ1n) is 10.1. The second-order valence-electron chi connectivity index (χ2n) is 8.27. The van der Waals surface area contributed by atoms with Crippen LogP contribution in [0.5, 0.6) is 5.75 Å². The van der Waals surface area contributed by atoms with Gasteiger partial charge in [0.25, 0.3) is 0 Å². The molecule has 0 aromatic heterocycles. The van der Waals surface area contributed by atoms with Crippen molar-refractivity contribution < 1.29 is 23.9 Å². The number of amides is 1. The van der Waals surface area contributed by atoms with Gasteiger partial charge in [-0.3, -0.25) is 14.4 Å². The van der Waals surface area contributed by atoms with E-state index in [0.29, 0.717) is 22.0 Å². The van der Waals surface area contributed by atoms with E-state index >= 15 is 0 Å². The van der Waals surface area contributed by atoms with Crippen molar-refractivity contribution in [3.8, 4) is 5.75 Å². The quantitative estimate of drug-likeness (QED) is 0.511. The Labute approximate surface area is 188 Å². The van der Waals surface area contributed by atoms with Gasteiger partial charge in [0.2, 0.25) is 11.7 Å². The lowest BCUT2D eigenvalue weighted by Crippen LogP contribution is -2.35. The van der Waals surface area contributed by atoms with Gasteiger partial charge in [0, 0.05) is 22.2 Å². The maximum atomic E-state index is 12.8. The molecule has 31 heavy (non-hydrogen) atoms. The van der Waals surface area contributed by atoms with Crippen LogP contribution < -0.4 is 10.1 Å². The number of anilines is 1. The lowest BCUT2D eigenvalue weighted by molar-refractivity contribution is -0.145. The second-order valence-corrected chi connectivity index (χ2v) is 9.12. The maximum absolute atomic E-state index is 12.8. The van der Waals surface area contributed by atoms with Crippen molar-refractivity contribution in [1.82, 2.24) is 0 Å². The average molecular weight is 460 g/mol. The largest absolute Gasteiger partial charge is 0.485 e. The molecule has 1 amide bonds. The summed E-state index contributed by atoms with van der Waals surface area (Å²) in [6.07, 6.45) is 1.68. The molecule has 1 saturated heterocycles. The normalized spacial score (nSPS) is 27.8. The van der Waals surface area contributed by atoms with Gasteiger partial charge < -0.3 is 14.8 Å². The smallest absolute Gasteiger partial charge is 0.310 e. The van der Waals surface area contributed by atoms with Crippen LogP contribution in [0.15, 0.2) is 42.5 Å². The average Bonchev–Trinajstić information content (AvgIpc) is 3.36. The van der Waals surface area contributed by atoms with E-state index in [1.54, 1.807) is 36.4 Å². The van der Waals surface area contributed by atoms with E-state index in [4.69, 9.17) is 32.7 Å². The van der Waals surface area contributed by atoms with Crippen LogP contribution in [0, 0.1) is 23.7 Å². The number of ketones is 1. The summed E-state index contributed by atoms with van der Waals surface area (Å²) >= 11 is 11.9. The number of nitrogens with one attached hydrogen (secondary N) is 1. The third kappa shape index (κ3) is 3.68. The molecule has 2 aliphatic carbocycles. The molecule has 2 aromatic rings. The Bertz CT molecular complexity index is 1070. The van der Waals surface area contributed by atoms with E-state index < -0.39 is 0 Å². The zero-order valence-corrected chi connectivity index (χ0v) is 17.9. The fourth-order valence-electron chi connectivity index (χ4n) is 5.17. The highest BCUT2D eigenvalue weighted by molar-refractivity contribution is 6.36. The summed E-state index contributed by atoms with van der Waals surface area (Å²) < 4.78 is 10.9. The van der Waals surface area contributed by atoms with Crippen molar-refractivity contribution in [3.63, 3.8) is 0 Å². The van der Waals surface area contributed by atoms with Crippen molar-refractivity contribution in [3.05, 3.63) is 58.1 Å². The maximum Gasteiger partial charge on any atom is 0.310 e. The molecule has 5 atom stereocenters. The Hall–Kier alpha value is -2.57. The summed E-state index contributed by atoms with van der Waals surface area (Å²) in [5, 5.41) is 3.63. The summed E-state index contributed by atoms with van der Waals surface area (Å²) in [6, 6.07) is 11.4. The number of esters is 1. The molecular weight excluding hydrogens is 441 g/mol. The summed E-state index contributed by atoms with van der Waals surface area (Å²) in [5.41, 5.74) is 0.948. The summed E-state index contributed by atoms with van der Waals surface area (Å²) in [5.74, 6) is -0.391. The molecule has 160 valence electrons. The third-order valence-corrected chi connectivity index (χ3v) is 7.06. The predicted octanol–water partition coefficient (Wildman–Crippen LogP) is 4.39. The zero-order valence-electron chi connectivity index (χ0n) is 16.3. The van der Waals surface area contributed by atoms with Crippen molar-refractivity contribution >= 4 is 46.5 Å². The lowest BCUT2D eigenvalue weighted by atomic mass is 9.79. The lowest BCUT2D eigenvalue weighted by Gasteiger charge is -2.23. The molecule has 8 heteroatoms. The van der Waals surface area contributed by atoms with Gasteiger partial charge >= 0.3 is 5.97 Å². The standard InChI is InChI=1S/C23H19Cl2NO5/c24-12-1-6-15(17(25)9-12)18(27)10-30-14-4-2-13(3-5-14)26-22(28)20-11-7-16-19(8-11)31-23(29)21(16)20/h1-6,9,11,16,19-21H,7-8,10H2,(H,26,28)/t11-,16+,19-,20+,21-/m0/s1. The molecule has 2 aromatic carbocycles. The number of rotatable bonds is 6. The number of hydrogen-bond acceptors (Lipinski definition) is 5. The van der Waals surface area contributed by atoms with E-state index in [1.165, 1.54) is 6.07 Å². The highest BCUT2D eigenvalue weighted by Gasteiger charge is 2.63. The first-order valence-corrected chi connectivity index (χ1v) is 10.9. The first-order chi connectivity index (χ1) is 14.9. The fourth-order valence-corrected chi connectivity index (χ4v) is 5.68. The molecule has 2 bridgehead atoms. The molecular formula is C23H19Cl2NO5. The highest BCUT2D eigenvalue weighted by atomic mass is 35.5. The number of hydrogen-bond donors (Lipinski definition) is 1. The minimum Gasteiger partial charge on any atom is -0.485 e. The van der Waals surface area contributed by atoms with Crippen LogP contribution in [0.2, 0.25) is 10.0 Å². The monoisotopic (exact) mass is 459 g/mol. The molecule has 2 saturated carbocycles. The molecule has 6 nitrogen and oxygen atoms in total. The van der Waals surface area contributed by atoms with Crippen LogP contribution in [0.4, 0.5) is 5.69 Å². The summed E-state index contributed by atoms with van der Waals surface area (Å²) in [4.78, 5) is 37.3. The van der Waals surface area contributed by atoms with Crippen molar-refractivity contribution in [1.29, 1.82) is 0 Å². The highest BCUT2D eigenvalue weighted by Crippen LogP contribution is 2.57.